The summed E-state index contributed by atoms with van der Waals surface area (Å²) in [7, 11) is 0. The maximum atomic E-state index is 12.5. The third-order valence-electron chi connectivity index (χ3n) is 5.92. The molecule has 2 aromatic carbocycles. The predicted molar refractivity (Wildman–Crippen MR) is 140 cm³/mol. The number of thioether (sulfide) groups is 1. The molecule has 4 nitrogen and oxygen atoms in total. The summed E-state index contributed by atoms with van der Waals surface area (Å²) in [5.74, 6) is 2.23. The SMILES string of the molecule is C=CCN1C(=O)/C(=C/c2cccc(OCCOc3ccc(C4CCCCC4)cc3)c2)SC1=S. The summed E-state index contributed by atoms with van der Waals surface area (Å²) in [6, 6.07) is 16.2. The van der Waals surface area contributed by atoms with E-state index in [1.807, 2.05) is 30.3 Å². The summed E-state index contributed by atoms with van der Waals surface area (Å²) in [4.78, 5) is 14.7. The zero-order chi connectivity index (χ0) is 23.0. The van der Waals surface area contributed by atoms with Gasteiger partial charge in [0.2, 0.25) is 0 Å². The summed E-state index contributed by atoms with van der Waals surface area (Å²) < 4.78 is 12.3. The van der Waals surface area contributed by atoms with Crippen molar-refractivity contribution in [1.29, 1.82) is 0 Å². The highest BCUT2D eigenvalue weighted by molar-refractivity contribution is 8.26. The molecule has 0 unspecified atom stereocenters. The highest BCUT2D eigenvalue weighted by Gasteiger charge is 2.30. The summed E-state index contributed by atoms with van der Waals surface area (Å²) in [6.07, 6.45) is 10.2. The van der Waals surface area contributed by atoms with Crippen LogP contribution in [0.4, 0.5) is 0 Å². The Morgan fingerprint density at radius 1 is 1.03 bits per heavy atom. The Kier molecular flexibility index (Phi) is 8.24. The minimum Gasteiger partial charge on any atom is -0.490 e. The Labute approximate surface area is 205 Å². The normalized spacial score (nSPS) is 18.1. The van der Waals surface area contributed by atoms with Crippen molar-refractivity contribution in [3.8, 4) is 11.5 Å². The van der Waals surface area contributed by atoms with Gasteiger partial charge in [0.1, 0.15) is 29.0 Å². The van der Waals surface area contributed by atoms with Gasteiger partial charge in [-0.2, -0.15) is 0 Å². The van der Waals surface area contributed by atoms with Gasteiger partial charge >= 0.3 is 0 Å². The molecule has 6 heteroatoms. The number of hydrogen-bond donors (Lipinski definition) is 0. The quantitative estimate of drug-likeness (QED) is 0.176. The van der Waals surface area contributed by atoms with E-state index in [4.69, 9.17) is 21.7 Å². The van der Waals surface area contributed by atoms with Crippen LogP contribution < -0.4 is 9.47 Å². The fourth-order valence-corrected chi connectivity index (χ4v) is 5.50. The van der Waals surface area contributed by atoms with E-state index >= 15 is 0 Å². The number of thiocarbonyl (C=S) groups is 1. The third-order valence-corrected chi connectivity index (χ3v) is 7.30. The fourth-order valence-electron chi connectivity index (χ4n) is 4.22. The molecule has 1 heterocycles. The lowest BCUT2D eigenvalue weighted by molar-refractivity contribution is -0.121. The van der Waals surface area contributed by atoms with E-state index in [1.165, 1.54) is 49.4 Å². The molecule has 172 valence electrons. The van der Waals surface area contributed by atoms with Crippen molar-refractivity contribution in [3.05, 3.63) is 77.2 Å². The van der Waals surface area contributed by atoms with Crippen LogP contribution in [-0.2, 0) is 4.79 Å². The molecular formula is C27H29NO3S2. The van der Waals surface area contributed by atoms with Gasteiger partial charge < -0.3 is 9.47 Å². The molecule has 1 saturated carbocycles. The van der Waals surface area contributed by atoms with E-state index in [2.05, 4.69) is 30.8 Å². The number of ether oxygens (including phenoxy) is 2. The van der Waals surface area contributed by atoms with Gasteiger partial charge in [0.15, 0.2) is 0 Å². The molecule has 0 atom stereocenters. The van der Waals surface area contributed by atoms with Crippen molar-refractivity contribution in [2.24, 2.45) is 0 Å². The Morgan fingerprint density at radius 2 is 1.76 bits per heavy atom. The molecule has 0 spiro atoms. The Bertz CT molecular complexity index is 1030. The summed E-state index contributed by atoms with van der Waals surface area (Å²) in [6.45, 7) is 5.01. The molecule has 0 aromatic heterocycles. The first kappa shape index (κ1) is 23.6. The minimum absolute atomic E-state index is 0.0841. The smallest absolute Gasteiger partial charge is 0.266 e. The molecule has 1 aliphatic carbocycles. The van der Waals surface area contributed by atoms with Crippen molar-refractivity contribution in [2.75, 3.05) is 19.8 Å². The van der Waals surface area contributed by atoms with Gasteiger partial charge in [-0.3, -0.25) is 9.69 Å². The van der Waals surface area contributed by atoms with Crippen molar-refractivity contribution >= 4 is 40.3 Å². The first-order valence-corrected chi connectivity index (χ1v) is 12.7. The number of carbonyl (C=O) groups is 1. The van der Waals surface area contributed by atoms with Crippen LogP contribution in [0.15, 0.2) is 66.1 Å². The topological polar surface area (TPSA) is 38.8 Å². The monoisotopic (exact) mass is 479 g/mol. The zero-order valence-electron chi connectivity index (χ0n) is 18.7. The highest BCUT2D eigenvalue weighted by atomic mass is 32.2. The van der Waals surface area contributed by atoms with Crippen LogP contribution >= 0.6 is 24.0 Å². The van der Waals surface area contributed by atoms with Gasteiger partial charge in [-0.1, -0.05) is 73.6 Å². The molecule has 2 aliphatic rings. The second kappa shape index (κ2) is 11.5. The summed E-state index contributed by atoms with van der Waals surface area (Å²) in [5.41, 5.74) is 2.32. The lowest BCUT2D eigenvalue weighted by Gasteiger charge is -2.22. The summed E-state index contributed by atoms with van der Waals surface area (Å²) in [5, 5.41) is 0. The number of nitrogens with zero attached hydrogens (tertiary/aromatic N) is 1. The lowest BCUT2D eigenvalue weighted by atomic mass is 9.84. The average Bonchev–Trinajstić information content (AvgIpc) is 3.11. The van der Waals surface area contributed by atoms with Gasteiger partial charge in [0.25, 0.3) is 5.91 Å². The van der Waals surface area contributed by atoms with Gasteiger partial charge in [-0.15, -0.1) is 6.58 Å². The van der Waals surface area contributed by atoms with E-state index in [1.54, 1.807) is 11.0 Å². The van der Waals surface area contributed by atoms with Gasteiger partial charge in [0.05, 0.1) is 4.91 Å². The molecule has 1 saturated heterocycles. The number of benzene rings is 2. The molecule has 2 aromatic rings. The Morgan fingerprint density at radius 3 is 2.48 bits per heavy atom. The van der Waals surface area contributed by atoms with Crippen LogP contribution in [0.2, 0.25) is 0 Å². The molecule has 0 bridgehead atoms. The van der Waals surface area contributed by atoms with E-state index < -0.39 is 0 Å². The zero-order valence-corrected chi connectivity index (χ0v) is 20.3. The Balaban J connectivity index is 1.27. The highest BCUT2D eigenvalue weighted by Crippen LogP contribution is 2.34. The molecule has 2 fully saturated rings. The number of carbonyl (C=O) groups excluding carboxylic acids is 1. The first-order valence-electron chi connectivity index (χ1n) is 11.5. The van der Waals surface area contributed by atoms with Gasteiger partial charge in [-0.25, -0.2) is 0 Å². The van der Waals surface area contributed by atoms with Gasteiger partial charge in [-0.05, 0) is 60.2 Å². The number of amides is 1. The number of hydrogen-bond acceptors (Lipinski definition) is 5. The first-order chi connectivity index (χ1) is 16.1. The van der Waals surface area contributed by atoms with Crippen LogP contribution in [0, 0.1) is 0 Å². The van der Waals surface area contributed by atoms with Gasteiger partial charge in [0, 0.05) is 6.54 Å². The van der Waals surface area contributed by atoms with E-state index in [9.17, 15) is 4.79 Å². The van der Waals surface area contributed by atoms with E-state index in [-0.39, 0.29) is 5.91 Å². The van der Waals surface area contributed by atoms with Crippen molar-refractivity contribution in [1.82, 2.24) is 4.90 Å². The average molecular weight is 480 g/mol. The molecular weight excluding hydrogens is 450 g/mol. The third kappa shape index (κ3) is 6.27. The van der Waals surface area contributed by atoms with E-state index in [0.717, 1.165) is 17.1 Å². The number of rotatable bonds is 9. The van der Waals surface area contributed by atoms with Crippen LogP contribution in [0.25, 0.3) is 6.08 Å². The maximum absolute atomic E-state index is 12.5. The largest absolute Gasteiger partial charge is 0.490 e. The molecule has 4 rings (SSSR count). The van der Waals surface area contributed by atoms with Crippen LogP contribution in [0.5, 0.6) is 11.5 Å². The lowest BCUT2D eigenvalue weighted by Crippen LogP contribution is -2.27. The predicted octanol–water partition coefficient (Wildman–Crippen LogP) is 6.58. The Hall–Kier alpha value is -2.57. The van der Waals surface area contributed by atoms with Crippen LogP contribution in [0.1, 0.15) is 49.1 Å². The molecule has 0 N–H and O–H groups in total. The van der Waals surface area contributed by atoms with Crippen LogP contribution in [0.3, 0.4) is 0 Å². The van der Waals surface area contributed by atoms with E-state index in [0.29, 0.717) is 34.9 Å². The molecule has 1 amide bonds. The van der Waals surface area contributed by atoms with Crippen molar-refractivity contribution in [2.45, 2.75) is 38.0 Å². The standard InChI is InChI=1S/C27H29NO3S2/c1-2-15-28-26(29)25(33-27(28)32)19-20-7-6-10-24(18-20)31-17-16-30-23-13-11-22(12-14-23)21-8-4-3-5-9-21/h2,6-7,10-14,18-19,21H,1,3-5,8-9,15-17H2/b25-19-. The fraction of sp³-hybridized carbons (Fsp3) is 0.333. The maximum Gasteiger partial charge on any atom is 0.266 e. The van der Waals surface area contributed by atoms with Crippen LogP contribution in [-0.4, -0.2) is 34.9 Å². The minimum atomic E-state index is -0.0841. The van der Waals surface area contributed by atoms with Crippen molar-refractivity contribution < 1.29 is 14.3 Å². The summed E-state index contributed by atoms with van der Waals surface area (Å²) >= 11 is 6.61. The second-order valence-corrected chi connectivity index (χ2v) is 9.93. The molecule has 0 radical (unpaired) electrons. The molecule has 33 heavy (non-hydrogen) atoms. The second-order valence-electron chi connectivity index (χ2n) is 8.25. The molecule has 1 aliphatic heterocycles. The van der Waals surface area contributed by atoms with Crippen molar-refractivity contribution in [3.63, 3.8) is 0 Å².